The van der Waals surface area contributed by atoms with Crippen LogP contribution < -0.4 is 4.74 Å². The van der Waals surface area contributed by atoms with Crippen molar-refractivity contribution in [3.63, 3.8) is 0 Å². The van der Waals surface area contributed by atoms with Crippen LogP contribution in [0, 0.1) is 0 Å². The maximum absolute atomic E-state index is 12.8. The number of ether oxygens (including phenoxy) is 1. The molecule has 7 heteroatoms. The molecular weight excluding hydrogens is 372 g/mol. The lowest BCUT2D eigenvalue weighted by Gasteiger charge is -2.17. The highest BCUT2D eigenvalue weighted by atomic mass is 35.5. The molecule has 0 bridgehead atoms. The Morgan fingerprint density at radius 2 is 1.92 bits per heavy atom. The first-order chi connectivity index (χ1) is 12.5. The van der Waals surface area contributed by atoms with E-state index in [-0.39, 0.29) is 11.0 Å². The topological polar surface area (TPSA) is 59.5 Å². The molecule has 0 spiro atoms. The van der Waals surface area contributed by atoms with Gasteiger partial charge in [-0.25, -0.2) is 13.4 Å². The Hall–Kier alpha value is -2.15. The number of rotatable bonds is 4. The van der Waals surface area contributed by atoms with Crippen LogP contribution >= 0.6 is 11.6 Å². The molecule has 1 aliphatic heterocycles. The first-order valence-electron chi connectivity index (χ1n) is 8.30. The Morgan fingerprint density at radius 3 is 2.77 bits per heavy atom. The molecule has 0 amide bonds. The third-order valence-corrected chi connectivity index (χ3v) is 6.50. The average molecular weight is 389 g/mol. The van der Waals surface area contributed by atoms with Crippen molar-refractivity contribution in [3.05, 3.63) is 65.7 Å². The first-order valence-corrected chi connectivity index (χ1v) is 10.1. The predicted octanol–water partition coefficient (Wildman–Crippen LogP) is 3.73. The van der Waals surface area contributed by atoms with Crippen molar-refractivity contribution >= 4 is 32.5 Å². The first kappa shape index (κ1) is 17.3. The summed E-state index contributed by atoms with van der Waals surface area (Å²) in [5, 5.41) is 1.44. The standard InChI is InChI=1S/C19H17ClN2O3S/c20-15-5-3-6-17(12-15)26(23,24)22-11-10-16(13-22)25-19-9-8-14-4-1-2-7-18(14)21-19/h1-9,12,16H,10-11,13H2. The molecule has 3 aromatic rings. The molecule has 1 aromatic heterocycles. The third kappa shape index (κ3) is 3.40. The van der Waals surface area contributed by atoms with Crippen LogP contribution in [-0.4, -0.2) is 36.9 Å². The molecule has 0 aliphatic carbocycles. The summed E-state index contributed by atoms with van der Waals surface area (Å²) >= 11 is 5.93. The number of fused-ring (bicyclic) bond motifs is 1. The normalized spacial score (nSPS) is 18.3. The molecule has 0 radical (unpaired) electrons. The molecule has 1 atom stereocenters. The maximum atomic E-state index is 12.8. The Balaban J connectivity index is 1.49. The van der Waals surface area contributed by atoms with Crippen molar-refractivity contribution in [1.29, 1.82) is 0 Å². The minimum atomic E-state index is -3.57. The number of para-hydroxylation sites is 1. The second kappa shape index (κ2) is 6.87. The van der Waals surface area contributed by atoms with Crippen LogP contribution in [0.5, 0.6) is 5.88 Å². The summed E-state index contributed by atoms with van der Waals surface area (Å²) in [7, 11) is -3.57. The van der Waals surface area contributed by atoms with Gasteiger partial charge >= 0.3 is 0 Å². The number of aromatic nitrogens is 1. The van der Waals surface area contributed by atoms with Gasteiger partial charge in [-0.1, -0.05) is 35.9 Å². The fraction of sp³-hybridized carbons (Fsp3) is 0.211. The van der Waals surface area contributed by atoms with Gasteiger partial charge in [0, 0.05) is 23.0 Å². The highest BCUT2D eigenvalue weighted by Gasteiger charge is 2.33. The SMILES string of the molecule is O=S(=O)(c1cccc(Cl)c1)N1CCC(Oc2ccc3ccccc3n2)C1. The van der Waals surface area contributed by atoms with Crippen LogP contribution in [0.15, 0.2) is 65.6 Å². The quantitative estimate of drug-likeness (QED) is 0.683. The minimum absolute atomic E-state index is 0.203. The monoisotopic (exact) mass is 388 g/mol. The van der Waals surface area contributed by atoms with Crippen LogP contribution in [0.25, 0.3) is 10.9 Å². The molecule has 1 aliphatic rings. The van der Waals surface area contributed by atoms with E-state index in [1.54, 1.807) is 18.2 Å². The molecule has 0 N–H and O–H groups in total. The van der Waals surface area contributed by atoms with Crippen molar-refractivity contribution in [2.45, 2.75) is 17.4 Å². The Kier molecular flexibility index (Phi) is 4.56. The molecule has 1 unspecified atom stereocenters. The lowest BCUT2D eigenvalue weighted by molar-refractivity contribution is 0.207. The second-order valence-electron chi connectivity index (χ2n) is 6.19. The van der Waals surface area contributed by atoms with Crippen molar-refractivity contribution in [3.8, 4) is 5.88 Å². The molecule has 26 heavy (non-hydrogen) atoms. The molecule has 1 fully saturated rings. The van der Waals surface area contributed by atoms with Gasteiger partial charge < -0.3 is 4.74 Å². The summed E-state index contributed by atoms with van der Waals surface area (Å²) in [5.41, 5.74) is 0.853. The van der Waals surface area contributed by atoms with Crippen LogP contribution in [0.4, 0.5) is 0 Å². The molecule has 1 saturated heterocycles. The van der Waals surface area contributed by atoms with Crippen LogP contribution in [0.1, 0.15) is 6.42 Å². The fourth-order valence-corrected chi connectivity index (χ4v) is 4.86. The van der Waals surface area contributed by atoms with Gasteiger partial charge in [-0.2, -0.15) is 4.31 Å². The summed E-state index contributed by atoms with van der Waals surface area (Å²) in [5.74, 6) is 0.510. The van der Waals surface area contributed by atoms with E-state index in [0.717, 1.165) is 10.9 Å². The summed E-state index contributed by atoms with van der Waals surface area (Å²) in [6.45, 7) is 0.705. The van der Waals surface area contributed by atoms with E-state index < -0.39 is 10.0 Å². The summed E-state index contributed by atoms with van der Waals surface area (Å²) < 4.78 is 32.9. The van der Waals surface area contributed by atoms with E-state index in [1.165, 1.54) is 10.4 Å². The number of benzene rings is 2. The van der Waals surface area contributed by atoms with Crippen LogP contribution in [0.3, 0.4) is 0 Å². The summed E-state index contributed by atoms with van der Waals surface area (Å²) in [4.78, 5) is 4.69. The van der Waals surface area contributed by atoms with E-state index in [0.29, 0.717) is 30.4 Å². The van der Waals surface area contributed by atoms with Crippen molar-refractivity contribution in [2.75, 3.05) is 13.1 Å². The Bertz CT molecular complexity index is 1060. The molecule has 2 heterocycles. The van der Waals surface area contributed by atoms with Gasteiger partial charge in [0.15, 0.2) is 0 Å². The average Bonchev–Trinajstić information content (AvgIpc) is 3.11. The van der Waals surface area contributed by atoms with Gasteiger partial charge in [-0.05, 0) is 36.8 Å². The van der Waals surface area contributed by atoms with Gasteiger partial charge in [-0.15, -0.1) is 0 Å². The highest BCUT2D eigenvalue weighted by Crippen LogP contribution is 2.25. The second-order valence-corrected chi connectivity index (χ2v) is 8.57. The van der Waals surface area contributed by atoms with E-state index >= 15 is 0 Å². The lowest BCUT2D eigenvalue weighted by Crippen LogP contribution is -2.31. The predicted molar refractivity (Wildman–Crippen MR) is 101 cm³/mol. The molecule has 134 valence electrons. The van der Waals surface area contributed by atoms with Crippen molar-refractivity contribution in [2.24, 2.45) is 0 Å². The summed E-state index contributed by atoms with van der Waals surface area (Å²) in [6.07, 6.45) is 0.395. The van der Waals surface area contributed by atoms with Crippen molar-refractivity contribution < 1.29 is 13.2 Å². The smallest absolute Gasteiger partial charge is 0.243 e. The van der Waals surface area contributed by atoms with Gasteiger partial charge in [-0.3, -0.25) is 0 Å². The van der Waals surface area contributed by atoms with Gasteiger partial charge in [0.25, 0.3) is 0 Å². The largest absolute Gasteiger partial charge is 0.473 e. The number of hydrogen-bond donors (Lipinski definition) is 0. The Morgan fingerprint density at radius 1 is 1.08 bits per heavy atom. The van der Waals surface area contributed by atoms with Crippen LogP contribution in [-0.2, 0) is 10.0 Å². The third-order valence-electron chi connectivity index (χ3n) is 4.40. The van der Waals surface area contributed by atoms with Gasteiger partial charge in [0.05, 0.1) is 17.0 Å². The van der Waals surface area contributed by atoms with Crippen molar-refractivity contribution in [1.82, 2.24) is 9.29 Å². The number of nitrogens with zero attached hydrogens (tertiary/aromatic N) is 2. The number of halogens is 1. The molecule has 5 nitrogen and oxygen atoms in total. The number of hydrogen-bond acceptors (Lipinski definition) is 4. The molecule has 0 saturated carbocycles. The zero-order valence-electron chi connectivity index (χ0n) is 13.9. The maximum Gasteiger partial charge on any atom is 0.243 e. The van der Waals surface area contributed by atoms with E-state index in [9.17, 15) is 8.42 Å². The highest BCUT2D eigenvalue weighted by molar-refractivity contribution is 7.89. The van der Waals surface area contributed by atoms with Gasteiger partial charge in [0.2, 0.25) is 15.9 Å². The lowest BCUT2D eigenvalue weighted by atomic mass is 10.2. The molecular formula is C19H17ClN2O3S. The summed E-state index contributed by atoms with van der Waals surface area (Å²) in [6, 6.07) is 17.9. The zero-order chi connectivity index (χ0) is 18.1. The van der Waals surface area contributed by atoms with Gasteiger partial charge in [0.1, 0.15) is 6.10 Å². The minimum Gasteiger partial charge on any atom is -0.473 e. The van der Waals surface area contributed by atoms with E-state index in [2.05, 4.69) is 4.98 Å². The Labute approximate surface area is 157 Å². The van der Waals surface area contributed by atoms with E-state index in [4.69, 9.17) is 16.3 Å². The number of pyridine rings is 1. The molecule has 4 rings (SSSR count). The van der Waals surface area contributed by atoms with E-state index in [1.807, 2.05) is 36.4 Å². The number of sulfonamides is 1. The van der Waals surface area contributed by atoms with Crippen LogP contribution in [0.2, 0.25) is 5.02 Å². The zero-order valence-corrected chi connectivity index (χ0v) is 15.4. The molecule has 2 aromatic carbocycles. The fourth-order valence-electron chi connectivity index (χ4n) is 3.07.